The summed E-state index contributed by atoms with van der Waals surface area (Å²) in [6.45, 7) is 2.82. The van der Waals surface area contributed by atoms with Crippen LogP contribution < -0.4 is 5.73 Å². The second kappa shape index (κ2) is 4.82. The van der Waals surface area contributed by atoms with Gasteiger partial charge in [0.15, 0.2) is 0 Å². The van der Waals surface area contributed by atoms with Gasteiger partial charge in [0.25, 0.3) is 0 Å². The molecular formula is C12H20N2OS. The molecule has 16 heavy (non-hydrogen) atoms. The Balaban J connectivity index is 2.25. The highest BCUT2D eigenvalue weighted by atomic mass is 32.1. The van der Waals surface area contributed by atoms with Gasteiger partial charge in [-0.1, -0.05) is 13.3 Å². The molecule has 0 saturated heterocycles. The molecule has 1 aromatic heterocycles. The Bertz CT molecular complexity index is 353. The maximum Gasteiger partial charge on any atom is 0.125 e. The molecule has 0 radical (unpaired) electrons. The maximum atomic E-state index is 5.80. The highest BCUT2D eigenvalue weighted by molar-refractivity contribution is 7.09. The third-order valence-corrected chi connectivity index (χ3v) is 4.57. The number of hydrogen-bond acceptors (Lipinski definition) is 4. The molecule has 1 saturated carbocycles. The first-order valence-electron chi connectivity index (χ1n) is 5.90. The molecule has 1 aliphatic rings. The first-order valence-corrected chi connectivity index (χ1v) is 6.78. The van der Waals surface area contributed by atoms with Crippen LogP contribution in [0.1, 0.15) is 43.3 Å². The number of thiazole rings is 1. The van der Waals surface area contributed by atoms with E-state index in [4.69, 9.17) is 10.5 Å². The Hall–Kier alpha value is -0.450. The summed E-state index contributed by atoms with van der Waals surface area (Å²) in [7, 11) is 1.81. The highest BCUT2D eigenvalue weighted by Gasteiger charge is 2.39. The zero-order valence-corrected chi connectivity index (χ0v) is 10.8. The normalized spacial score (nSPS) is 30.6. The molecule has 90 valence electrons. The Morgan fingerprint density at radius 3 is 3.06 bits per heavy atom. The van der Waals surface area contributed by atoms with Crippen LogP contribution >= 0.6 is 11.3 Å². The monoisotopic (exact) mass is 240 g/mol. The summed E-state index contributed by atoms with van der Waals surface area (Å²) in [5.41, 5.74) is 6.45. The van der Waals surface area contributed by atoms with Crippen LogP contribution in [-0.4, -0.2) is 12.1 Å². The zero-order valence-electron chi connectivity index (χ0n) is 10.0. The van der Waals surface area contributed by atoms with E-state index in [1.54, 1.807) is 11.3 Å². The van der Waals surface area contributed by atoms with E-state index in [1.165, 1.54) is 12.8 Å². The van der Waals surface area contributed by atoms with Gasteiger partial charge in [-0.15, -0.1) is 11.3 Å². The van der Waals surface area contributed by atoms with Crippen LogP contribution in [0, 0.1) is 5.92 Å². The lowest BCUT2D eigenvalue weighted by Crippen LogP contribution is -2.34. The van der Waals surface area contributed by atoms with E-state index in [-0.39, 0.29) is 5.60 Å². The Morgan fingerprint density at radius 2 is 2.50 bits per heavy atom. The number of nitrogens with zero attached hydrogens (tertiary/aromatic N) is 1. The largest absolute Gasteiger partial charge is 0.371 e. The molecule has 0 aliphatic heterocycles. The quantitative estimate of drug-likeness (QED) is 0.883. The number of ether oxygens (including phenoxy) is 1. The second-order valence-corrected chi connectivity index (χ2v) is 5.61. The van der Waals surface area contributed by atoms with Gasteiger partial charge in [0, 0.05) is 19.0 Å². The van der Waals surface area contributed by atoms with Gasteiger partial charge in [-0.25, -0.2) is 4.98 Å². The molecule has 0 amide bonds. The molecule has 2 N–H and O–H groups in total. The Labute approximate surface area is 101 Å². The van der Waals surface area contributed by atoms with Crippen molar-refractivity contribution in [1.82, 2.24) is 4.98 Å². The summed E-state index contributed by atoms with van der Waals surface area (Å²) in [6.07, 6.45) is 4.71. The minimum absolute atomic E-state index is 0.143. The summed E-state index contributed by atoms with van der Waals surface area (Å²) >= 11 is 1.69. The van der Waals surface area contributed by atoms with Gasteiger partial charge in [0.1, 0.15) is 10.6 Å². The van der Waals surface area contributed by atoms with Crippen molar-refractivity contribution in [2.75, 3.05) is 7.11 Å². The number of methoxy groups -OCH3 is 1. The SMILES string of the molecule is COC1(c2nc(CN)cs2)CCCC(C)C1. The topological polar surface area (TPSA) is 48.1 Å². The van der Waals surface area contributed by atoms with E-state index in [1.807, 2.05) is 7.11 Å². The average Bonchev–Trinajstić information content (AvgIpc) is 2.78. The molecule has 1 heterocycles. The second-order valence-electron chi connectivity index (χ2n) is 4.75. The molecule has 0 aromatic carbocycles. The predicted molar refractivity (Wildman–Crippen MR) is 66.3 cm³/mol. The van der Waals surface area contributed by atoms with E-state index >= 15 is 0 Å². The fraction of sp³-hybridized carbons (Fsp3) is 0.750. The standard InChI is InChI=1S/C12H20N2OS/c1-9-4-3-5-12(6-9,15-2)11-14-10(7-13)8-16-11/h8-9H,3-7,13H2,1-2H3. The molecule has 2 rings (SSSR count). The zero-order chi connectivity index (χ0) is 11.6. The number of hydrogen-bond donors (Lipinski definition) is 1. The van der Waals surface area contributed by atoms with E-state index in [0.717, 1.165) is 29.5 Å². The van der Waals surface area contributed by atoms with Gasteiger partial charge >= 0.3 is 0 Å². The van der Waals surface area contributed by atoms with Crippen molar-refractivity contribution in [1.29, 1.82) is 0 Å². The van der Waals surface area contributed by atoms with E-state index in [9.17, 15) is 0 Å². The van der Waals surface area contributed by atoms with Crippen molar-refractivity contribution < 1.29 is 4.74 Å². The summed E-state index contributed by atoms with van der Waals surface area (Å²) in [6, 6.07) is 0. The van der Waals surface area contributed by atoms with E-state index in [2.05, 4.69) is 17.3 Å². The average molecular weight is 240 g/mol. The molecule has 1 aromatic rings. The Kier molecular flexibility index (Phi) is 3.62. The van der Waals surface area contributed by atoms with Crippen LogP contribution in [0.3, 0.4) is 0 Å². The van der Waals surface area contributed by atoms with E-state index in [0.29, 0.717) is 6.54 Å². The van der Waals surface area contributed by atoms with Gasteiger partial charge in [-0.3, -0.25) is 0 Å². The summed E-state index contributed by atoms with van der Waals surface area (Å²) in [5, 5.41) is 3.16. The molecule has 1 aliphatic carbocycles. The van der Waals surface area contributed by atoms with Crippen LogP contribution in [0.4, 0.5) is 0 Å². The van der Waals surface area contributed by atoms with Crippen molar-refractivity contribution >= 4 is 11.3 Å². The summed E-state index contributed by atoms with van der Waals surface area (Å²) < 4.78 is 5.80. The number of aromatic nitrogens is 1. The molecule has 4 heteroatoms. The first-order chi connectivity index (χ1) is 7.70. The lowest BCUT2D eigenvalue weighted by atomic mass is 9.79. The molecule has 3 nitrogen and oxygen atoms in total. The molecular weight excluding hydrogens is 220 g/mol. The van der Waals surface area contributed by atoms with Crippen molar-refractivity contribution in [3.05, 3.63) is 16.1 Å². The molecule has 0 bridgehead atoms. The van der Waals surface area contributed by atoms with Crippen molar-refractivity contribution in [2.45, 2.75) is 44.8 Å². The van der Waals surface area contributed by atoms with Crippen LogP contribution in [0.15, 0.2) is 5.38 Å². The number of nitrogens with two attached hydrogens (primary N) is 1. The van der Waals surface area contributed by atoms with Crippen LogP contribution in [0.2, 0.25) is 0 Å². The predicted octanol–water partition coefficient (Wildman–Crippen LogP) is 2.65. The molecule has 0 spiro atoms. The summed E-state index contributed by atoms with van der Waals surface area (Å²) in [4.78, 5) is 4.60. The molecule has 2 atom stereocenters. The third-order valence-electron chi connectivity index (χ3n) is 3.50. The lowest BCUT2D eigenvalue weighted by Gasteiger charge is -2.37. The number of rotatable bonds is 3. The molecule has 2 unspecified atom stereocenters. The fourth-order valence-electron chi connectivity index (χ4n) is 2.58. The van der Waals surface area contributed by atoms with Gasteiger partial charge in [0.2, 0.25) is 0 Å². The minimum atomic E-state index is -0.143. The lowest BCUT2D eigenvalue weighted by molar-refractivity contribution is -0.0581. The first kappa shape index (κ1) is 12.0. The third kappa shape index (κ3) is 2.14. The van der Waals surface area contributed by atoms with Crippen molar-refractivity contribution in [3.63, 3.8) is 0 Å². The highest BCUT2D eigenvalue weighted by Crippen LogP contribution is 2.43. The van der Waals surface area contributed by atoms with Crippen LogP contribution in [-0.2, 0) is 16.9 Å². The van der Waals surface area contributed by atoms with Gasteiger partial charge in [-0.2, -0.15) is 0 Å². The summed E-state index contributed by atoms with van der Waals surface area (Å²) in [5.74, 6) is 0.721. The molecule has 1 fully saturated rings. The van der Waals surface area contributed by atoms with Crippen molar-refractivity contribution in [2.24, 2.45) is 11.7 Å². The van der Waals surface area contributed by atoms with Crippen LogP contribution in [0.5, 0.6) is 0 Å². The van der Waals surface area contributed by atoms with Gasteiger partial charge in [0.05, 0.1) is 5.69 Å². The van der Waals surface area contributed by atoms with Gasteiger partial charge in [-0.05, 0) is 25.2 Å². The van der Waals surface area contributed by atoms with Crippen LogP contribution in [0.25, 0.3) is 0 Å². The van der Waals surface area contributed by atoms with E-state index < -0.39 is 0 Å². The smallest absolute Gasteiger partial charge is 0.125 e. The van der Waals surface area contributed by atoms with Gasteiger partial charge < -0.3 is 10.5 Å². The Morgan fingerprint density at radius 1 is 1.69 bits per heavy atom. The van der Waals surface area contributed by atoms with Crippen molar-refractivity contribution in [3.8, 4) is 0 Å². The maximum absolute atomic E-state index is 5.80. The fourth-order valence-corrected chi connectivity index (χ4v) is 3.63. The minimum Gasteiger partial charge on any atom is -0.371 e.